The van der Waals surface area contributed by atoms with Crippen LogP contribution in [0.3, 0.4) is 0 Å². The van der Waals surface area contributed by atoms with Crippen molar-refractivity contribution in [2.75, 3.05) is 6.61 Å². The van der Waals surface area contributed by atoms with E-state index in [0.29, 0.717) is 18.3 Å². The summed E-state index contributed by atoms with van der Waals surface area (Å²) in [5.41, 5.74) is 0.467. The van der Waals surface area contributed by atoms with Crippen molar-refractivity contribution >= 4 is 14.3 Å². The minimum absolute atomic E-state index is 0.284. The minimum Gasteiger partial charge on any atom is -0.462 e. The predicted molar refractivity (Wildman–Crippen MR) is 78.1 cm³/mol. The smallest absolute Gasteiger partial charge is 0.333 e. The van der Waals surface area contributed by atoms with Crippen molar-refractivity contribution in [3.63, 3.8) is 0 Å². The Labute approximate surface area is 113 Å². The van der Waals surface area contributed by atoms with Gasteiger partial charge in [0.15, 0.2) is 8.32 Å². The van der Waals surface area contributed by atoms with Crippen LogP contribution in [0.1, 0.15) is 40.0 Å². The molecule has 0 aliphatic carbocycles. The monoisotopic (exact) mass is 272 g/mol. The van der Waals surface area contributed by atoms with Gasteiger partial charge in [0.2, 0.25) is 0 Å². The van der Waals surface area contributed by atoms with Crippen LogP contribution in [-0.4, -0.2) is 27.0 Å². The molecule has 0 saturated heterocycles. The molecule has 3 nitrogen and oxygen atoms in total. The van der Waals surface area contributed by atoms with Crippen LogP contribution in [0, 0.1) is 0 Å². The van der Waals surface area contributed by atoms with Gasteiger partial charge in [0.05, 0.1) is 6.61 Å². The molecule has 18 heavy (non-hydrogen) atoms. The van der Waals surface area contributed by atoms with Gasteiger partial charge < -0.3 is 9.16 Å². The third-order valence-electron chi connectivity index (χ3n) is 2.56. The molecule has 0 unspecified atom stereocenters. The highest BCUT2D eigenvalue weighted by molar-refractivity contribution is 6.71. The third kappa shape index (κ3) is 9.42. The van der Waals surface area contributed by atoms with Crippen LogP contribution in [0.15, 0.2) is 12.2 Å². The van der Waals surface area contributed by atoms with Gasteiger partial charge in [0.1, 0.15) is 0 Å². The second-order valence-electron chi connectivity index (χ2n) is 5.65. The van der Waals surface area contributed by atoms with Crippen LogP contribution in [0.4, 0.5) is 0 Å². The first-order chi connectivity index (χ1) is 8.24. The lowest BCUT2D eigenvalue weighted by atomic mass is 10.3. The van der Waals surface area contributed by atoms with E-state index in [2.05, 4.69) is 33.5 Å². The van der Waals surface area contributed by atoms with Crippen LogP contribution in [-0.2, 0) is 14.0 Å². The van der Waals surface area contributed by atoms with Gasteiger partial charge in [-0.3, -0.25) is 0 Å². The number of hydrogen-bond donors (Lipinski definition) is 0. The maximum Gasteiger partial charge on any atom is 0.333 e. The molecule has 4 heteroatoms. The molecule has 0 radical (unpaired) electrons. The fourth-order valence-corrected chi connectivity index (χ4v) is 4.31. The maximum atomic E-state index is 11.1. The zero-order valence-electron chi connectivity index (χ0n) is 12.5. The number of hydrogen-bond acceptors (Lipinski definition) is 3. The van der Waals surface area contributed by atoms with Gasteiger partial charge in [0.25, 0.3) is 0 Å². The molecule has 0 atom stereocenters. The predicted octanol–water partition coefficient (Wildman–Crippen LogP) is 3.91. The highest BCUT2D eigenvalue weighted by Crippen LogP contribution is 2.17. The van der Waals surface area contributed by atoms with Gasteiger partial charge in [-0.2, -0.15) is 0 Å². The molecule has 0 bridgehead atoms. The highest BCUT2D eigenvalue weighted by Gasteiger charge is 2.22. The second-order valence-corrected chi connectivity index (χ2v) is 9.91. The lowest BCUT2D eigenvalue weighted by Crippen LogP contribution is -2.33. The molecule has 0 aliphatic rings. The van der Waals surface area contributed by atoms with Crippen LogP contribution in [0.5, 0.6) is 0 Å². The number of ether oxygens (including phenoxy) is 1. The van der Waals surface area contributed by atoms with Crippen molar-refractivity contribution in [3.8, 4) is 0 Å². The van der Waals surface area contributed by atoms with E-state index in [9.17, 15) is 4.79 Å². The molecule has 0 aliphatic heterocycles. The Hall–Kier alpha value is -0.613. The molecule has 106 valence electrons. The molecule has 0 heterocycles. The molecule has 0 aromatic heterocycles. The van der Waals surface area contributed by atoms with Crippen molar-refractivity contribution in [2.45, 2.75) is 65.3 Å². The first-order valence-electron chi connectivity index (χ1n) is 6.75. The summed E-state index contributed by atoms with van der Waals surface area (Å²) in [6.45, 7) is 14.4. The molecule has 0 N–H and O–H groups in total. The van der Waals surface area contributed by atoms with Crippen LogP contribution >= 0.6 is 0 Å². The van der Waals surface area contributed by atoms with E-state index >= 15 is 0 Å². The standard InChI is InChI=1S/C14H28O3Si/c1-12(2)14(15)16-10-8-7-9-11-18(5,6)17-13(3)4/h13H,1,7-11H2,2-6H3. The second kappa shape index (κ2) is 8.48. The Morgan fingerprint density at radius 3 is 2.33 bits per heavy atom. The third-order valence-corrected chi connectivity index (χ3v) is 5.23. The van der Waals surface area contributed by atoms with Crippen molar-refractivity contribution in [3.05, 3.63) is 12.2 Å². The summed E-state index contributed by atoms with van der Waals surface area (Å²) in [6, 6.07) is 1.17. The number of rotatable bonds is 9. The fourth-order valence-electron chi connectivity index (χ4n) is 1.81. The summed E-state index contributed by atoms with van der Waals surface area (Å²) in [4.78, 5) is 11.1. The largest absolute Gasteiger partial charge is 0.462 e. The molecule has 0 fully saturated rings. The van der Waals surface area contributed by atoms with Crippen LogP contribution in [0.25, 0.3) is 0 Å². The summed E-state index contributed by atoms with van der Waals surface area (Å²) >= 11 is 0. The lowest BCUT2D eigenvalue weighted by molar-refractivity contribution is -0.139. The number of carbonyl (C=O) groups is 1. The molecular formula is C14H28O3Si. The summed E-state index contributed by atoms with van der Waals surface area (Å²) in [5, 5.41) is 0. The Kier molecular flexibility index (Phi) is 8.19. The van der Waals surface area contributed by atoms with Gasteiger partial charge in [-0.1, -0.05) is 19.4 Å². The zero-order chi connectivity index (χ0) is 14.2. The summed E-state index contributed by atoms with van der Waals surface area (Å²) in [5.74, 6) is -0.284. The normalized spacial score (nSPS) is 11.7. The zero-order valence-corrected chi connectivity index (χ0v) is 13.5. The topological polar surface area (TPSA) is 35.5 Å². The number of esters is 1. The van der Waals surface area contributed by atoms with E-state index in [-0.39, 0.29) is 5.97 Å². The minimum atomic E-state index is -1.49. The van der Waals surface area contributed by atoms with E-state index < -0.39 is 8.32 Å². The van der Waals surface area contributed by atoms with Crippen LogP contribution in [0.2, 0.25) is 19.1 Å². The van der Waals surface area contributed by atoms with E-state index in [4.69, 9.17) is 9.16 Å². The van der Waals surface area contributed by atoms with Gasteiger partial charge >= 0.3 is 5.97 Å². The van der Waals surface area contributed by atoms with Gasteiger partial charge in [-0.05, 0) is 46.3 Å². The molecule has 0 aromatic carbocycles. The highest BCUT2D eigenvalue weighted by atomic mass is 28.4. The first-order valence-corrected chi connectivity index (χ1v) is 9.86. The maximum absolute atomic E-state index is 11.1. The van der Waals surface area contributed by atoms with Crippen LogP contribution < -0.4 is 0 Å². The number of unbranched alkanes of at least 4 members (excludes halogenated alkanes) is 2. The van der Waals surface area contributed by atoms with E-state index in [1.54, 1.807) is 6.92 Å². The molecular weight excluding hydrogens is 244 g/mol. The molecule has 0 aromatic rings. The fraction of sp³-hybridized carbons (Fsp3) is 0.786. The number of carbonyl (C=O) groups excluding carboxylic acids is 1. The van der Waals surface area contributed by atoms with Crippen molar-refractivity contribution in [1.82, 2.24) is 0 Å². The Bertz CT molecular complexity index is 272. The van der Waals surface area contributed by atoms with E-state index in [0.717, 1.165) is 19.3 Å². The summed E-state index contributed by atoms with van der Waals surface area (Å²) < 4.78 is 11.0. The van der Waals surface area contributed by atoms with Gasteiger partial charge in [-0.25, -0.2) is 4.79 Å². The summed E-state index contributed by atoms with van der Waals surface area (Å²) in [6.07, 6.45) is 3.48. The van der Waals surface area contributed by atoms with E-state index in [1.165, 1.54) is 6.04 Å². The van der Waals surface area contributed by atoms with E-state index in [1.807, 2.05) is 0 Å². The average Bonchev–Trinajstić information content (AvgIpc) is 2.20. The Balaban J connectivity index is 3.56. The lowest BCUT2D eigenvalue weighted by Gasteiger charge is -2.25. The SMILES string of the molecule is C=C(C)C(=O)OCCCCC[Si](C)(C)OC(C)C. The average molecular weight is 272 g/mol. The molecule has 0 rings (SSSR count). The molecule has 0 spiro atoms. The quantitative estimate of drug-likeness (QED) is 0.276. The van der Waals surface area contributed by atoms with Crippen molar-refractivity contribution in [2.24, 2.45) is 0 Å². The van der Waals surface area contributed by atoms with Gasteiger partial charge in [-0.15, -0.1) is 0 Å². The Morgan fingerprint density at radius 2 is 1.83 bits per heavy atom. The van der Waals surface area contributed by atoms with Crippen molar-refractivity contribution in [1.29, 1.82) is 0 Å². The molecule has 0 saturated carbocycles. The Morgan fingerprint density at radius 1 is 1.22 bits per heavy atom. The summed E-state index contributed by atoms with van der Waals surface area (Å²) in [7, 11) is -1.49. The van der Waals surface area contributed by atoms with Gasteiger partial charge in [0, 0.05) is 11.7 Å². The molecule has 0 amide bonds. The first kappa shape index (κ1) is 17.4. The van der Waals surface area contributed by atoms with Crippen molar-refractivity contribution < 1.29 is 14.0 Å².